The van der Waals surface area contributed by atoms with Crippen molar-refractivity contribution in [3.63, 3.8) is 0 Å². The van der Waals surface area contributed by atoms with E-state index in [2.05, 4.69) is 4.72 Å². The maximum absolute atomic E-state index is 13.8. The molecule has 8 heteroatoms. The molecule has 0 bridgehead atoms. The second-order valence-electron chi connectivity index (χ2n) is 5.36. The predicted molar refractivity (Wildman–Crippen MR) is 83.9 cm³/mol. The number of halogens is 2. The fourth-order valence-electron chi connectivity index (χ4n) is 2.57. The lowest BCUT2D eigenvalue weighted by Crippen LogP contribution is -2.41. The second kappa shape index (κ2) is 6.29. The van der Waals surface area contributed by atoms with Gasteiger partial charge < -0.3 is 4.90 Å². The first kappa shape index (κ1) is 16.5. The van der Waals surface area contributed by atoms with E-state index in [4.69, 9.17) is 0 Å². The normalized spacial score (nSPS) is 18.2. The molecule has 0 aliphatic carbocycles. The average Bonchev–Trinajstić information content (AvgIpc) is 2.89. The first-order chi connectivity index (χ1) is 11.4. The molecule has 126 valence electrons. The van der Waals surface area contributed by atoms with Gasteiger partial charge in [0.1, 0.15) is 17.7 Å². The number of sulfonamides is 1. The topological polar surface area (TPSA) is 66.5 Å². The van der Waals surface area contributed by atoms with Crippen LogP contribution in [0.5, 0.6) is 0 Å². The zero-order chi connectivity index (χ0) is 17.3. The lowest BCUT2D eigenvalue weighted by Gasteiger charge is -2.18. The summed E-state index contributed by atoms with van der Waals surface area (Å²) in [4.78, 5) is 13.5. The van der Waals surface area contributed by atoms with Crippen LogP contribution in [0.4, 0.5) is 14.5 Å². The number of carbonyl (C=O) groups is 1. The molecule has 2 aromatic carbocycles. The largest absolute Gasteiger partial charge is 0.308 e. The summed E-state index contributed by atoms with van der Waals surface area (Å²) >= 11 is 0. The molecule has 1 heterocycles. The van der Waals surface area contributed by atoms with Crippen LogP contribution >= 0.6 is 0 Å². The molecule has 0 spiro atoms. The van der Waals surface area contributed by atoms with Crippen LogP contribution in [0.3, 0.4) is 0 Å². The van der Waals surface area contributed by atoms with Gasteiger partial charge in [-0.3, -0.25) is 4.79 Å². The molecule has 1 aliphatic rings. The zero-order valence-electron chi connectivity index (χ0n) is 12.4. The van der Waals surface area contributed by atoms with Crippen molar-refractivity contribution in [2.24, 2.45) is 0 Å². The molecule has 1 atom stereocenters. The van der Waals surface area contributed by atoms with E-state index >= 15 is 0 Å². The van der Waals surface area contributed by atoms with Crippen molar-refractivity contribution in [3.05, 3.63) is 60.2 Å². The summed E-state index contributed by atoms with van der Waals surface area (Å²) in [6.07, 6.45) is 0.216. The number of nitrogens with one attached hydrogen (secondary N) is 1. The summed E-state index contributed by atoms with van der Waals surface area (Å²) in [5.74, 6) is -1.63. The minimum Gasteiger partial charge on any atom is -0.308 e. The summed E-state index contributed by atoms with van der Waals surface area (Å²) in [6, 6.07) is 9.10. The van der Waals surface area contributed by atoms with Gasteiger partial charge in [-0.25, -0.2) is 17.2 Å². The van der Waals surface area contributed by atoms with Crippen molar-refractivity contribution in [2.75, 3.05) is 11.4 Å². The third-order valence-electron chi connectivity index (χ3n) is 3.77. The standard InChI is InChI=1S/C16H14F2N2O3S/c17-11-5-7-12(8-6-11)24(22,23)19-14-9-10-20(16(14)21)15-4-2-1-3-13(15)18/h1-8,14,19H,9-10H2. The number of carbonyl (C=O) groups excluding carboxylic acids is 1. The minimum absolute atomic E-state index is 0.117. The number of hydrogen-bond donors (Lipinski definition) is 1. The van der Waals surface area contributed by atoms with Crippen molar-refractivity contribution in [1.82, 2.24) is 4.72 Å². The Labute approximate surface area is 138 Å². The van der Waals surface area contributed by atoms with E-state index in [0.717, 1.165) is 24.3 Å². The molecule has 0 radical (unpaired) electrons. The Morgan fingerprint density at radius 2 is 1.71 bits per heavy atom. The summed E-state index contributed by atoms with van der Waals surface area (Å²) in [5, 5.41) is 0. The molecular weight excluding hydrogens is 338 g/mol. The third-order valence-corrected chi connectivity index (χ3v) is 5.26. The molecule has 3 rings (SSSR count). The molecule has 1 unspecified atom stereocenters. The Morgan fingerprint density at radius 3 is 2.38 bits per heavy atom. The Hall–Kier alpha value is -2.32. The second-order valence-corrected chi connectivity index (χ2v) is 7.07. The zero-order valence-corrected chi connectivity index (χ0v) is 13.3. The highest BCUT2D eigenvalue weighted by Gasteiger charge is 2.36. The summed E-state index contributed by atoms with van der Waals surface area (Å²) < 4.78 is 53.6. The maximum Gasteiger partial charge on any atom is 0.245 e. The highest BCUT2D eigenvalue weighted by atomic mass is 32.2. The van der Waals surface area contributed by atoms with Gasteiger partial charge in [0.2, 0.25) is 15.9 Å². The van der Waals surface area contributed by atoms with Crippen LogP contribution in [0.2, 0.25) is 0 Å². The summed E-state index contributed by atoms with van der Waals surface area (Å²) in [7, 11) is -3.97. The lowest BCUT2D eigenvalue weighted by molar-refractivity contribution is -0.118. The van der Waals surface area contributed by atoms with Crippen molar-refractivity contribution >= 4 is 21.6 Å². The van der Waals surface area contributed by atoms with Crippen molar-refractivity contribution in [2.45, 2.75) is 17.4 Å². The van der Waals surface area contributed by atoms with Gasteiger partial charge >= 0.3 is 0 Å². The van der Waals surface area contributed by atoms with Gasteiger partial charge in [-0.15, -0.1) is 0 Å². The summed E-state index contributed by atoms with van der Waals surface area (Å²) in [5.41, 5.74) is 0.117. The van der Waals surface area contributed by atoms with Gasteiger partial charge in [-0.2, -0.15) is 4.72 Å². The van der Waals surface area contributed by atoms with Crippen LogP contribution < -0.4 is 9.62 Å². The number of rotatable bonds is 4. The van der Waals surface area contributed by atoms with E-state index in [0.29, 0.717) is 0 Å². The monoisotopic (exact) mass is 352 g/mol. The van der Waals surface area contributed by atoms with Gasteiger partial charge in [0.25, 0.3) is 0 Å². The molecule has 5 nitrogen and oxygen atoms in total. The van der Waals surface area contributed by atoms with Crippen LogP contribution in [0.15, 0.2) is 53.4 Å². The van der Waals surface area contributed by atoms with Gasteiger partial charge in [0.15, 0.2) is 0 Å². The average molecular weight is 352 g/mol. The molecule has 1 fully saturated rings. The van der Waals surface area contributed by atoms with E-state index in [1.54, 1.807) is 6.07 Å². The minimum atomic E-state index is -3.97. The Bertz CT molecular complexity index is 869. The van der Waals surface area contributed by atoms with Gasteiger partial charge in [-0.05, 0) is 42.8 Å². The van der Waals surface area contributed by atoms with E-state index in [1.165, 1.54) is 23.1 Å². The predicted octanol–water partition coefficient (Wildman–Crippen LogP) is 2.05. The van der Waals surface area contributed by atoms with Gasteiger partial charge in [0, 0.05) is 6.54 Å². The van der Waals surface area contributed by atoms with Crippen molar-refractivity contribution in [3.8, 4) is 0 Å². The van der Waals surface area contributed by atoms with Gasteiger partial charge in [-0.1, -0.05) is 12.1 Å². The van der Waals surface area contributed by atoms with Gasteiger partial charge in [0.05, 0.1) is 10.6 Å². The molecule has 1 amide bonds. The number of benzene rings is 2. The third kappa shape index (κ3) is 3.15. The van der Waals surface area contributed by atoms with Crippen LogP contribution in [0.1, 0.15) is 6.42 Å². The van der Waals surface area contributed by atoms with Crippen LogP contribution in [0, 0.1) is 11.6 Å². The molecule has 1 saturated heterocycles. The molecule has 1 aliphatic heterocycles. The Kier molecular flexibility index (Phi) is 4.33. The van der Waals surface area contributed by atoms with Crippen LogP contribution in [0.25, 0.3) is 0 Å². The maximum atomic E-state index is 13.8. The molecule has 1 N–H and O–H groups in total. The fraction of sp³-hybridized carbons (Fsp3) is 0.188. The van der Waals surface area contributed by atoms with E-state index < -0.39 is 33.6 Å². The number of amides is 1. The van der Waals surface area contributed by atoms with Crippen LogP contribution in [-0.2, 0) is 14.8 Å². The molecule has 24 heavy (non-hydrogen) atoms. The molecular formula is C16H14F2N2O3S. The van der Waals surface area contributed by atoms with Crippen LogP contribution in [-0.4, -0.2) is 26.9 Å². The Balaban J connectivity index is 1.79. The first-order valence-electron chi connectivity index (χ1n) is 7.22. The smallest absolute Gasteiger partial charge is 0.245 e. The van der Waals surface area contributed by atoms with E-state index in [-0.39, 0.29) is 23.5 Å². The molecule has 0 saturated carbocycles. The first-order valence-corrected chi connectivity index (χ1v) is 8.70. The highest BCUT2D eigenvalue weighted by molar-refractivity contribution is 7.89. The van der Waals surface area contributed by atoms with Crippen molar-refractivity contribution in [1.29, 1.82) is 0 Å². The number of para-hydroxylation sites is 1. The summed E-state index contributed by atoms with van der Waals surface area (Å²) in [6.45, 7) is 0.205. The van der Waals surface area contributed by atoms with Crippen molar-refractivity contribution < 1.29 is 22.0 Å². The number of hydrogen-bond acceptors (Lipinski definition) is 3. The van der Waals surface area contributed by atoms with E-state index in [9.17, 15) is 22.0 Å². The number of nitrogens with zero attached hydrogens (tertiary/aromatic N) is 1. The highest BCUT2D eigenvalue weighted by Crippen LogP contribution is 2.25. The molecule has 2 aromatic rings. The Morgan fingerprint density at radius 1 is 1.04 bits per heavy atom. The quantitative estimate of drug-likeness (QED) is 0.916. The number of anilines is 1. The lowest BCUT2D eigenvalue weighted by atomic mass is 10.2. The molecule has 0 aromatic heterocycles. The SMILES string of the molecule is O=C1C(NS(=O)(=O)c2ccc(F)cc2)CCN1c1ccccc1F. The van der Waals surface area contributed by atoms with E-state index in [1.807, 2.05) is 0 Å². The fourth-order valence-corrected chi connectivity index (χ4v) is 3.79.